The first-order chi connectivity index (χ1) is 8.31. The molecule has 1 aromatic carbocycles. The number of nitrogens with one attached hydrogen (secondary N) is 1. The number of benzene rings is 1. The fourth-order valence-corrected chi connectivity index (χ4v) is 1.86. The van der Waals surface area contributed by atoms with Crippen LogP contribution in [0.25, 0.3) is 0 Å². The van der Waals surface area contributed by atoms with E-state index in [4.69, 9.17) is 4.74 Å². The van der Waals surface area contributed by atoms with Crippen molar-refractivity contribution in [1.29, 1.82) is 0 Å². The summed E-state index contributed by atoms with van der Waals surface area (Å²) in [6.07, 6.45) is 4.80. The normalized spacial score (nSPS) is 21.2. The molecule has 17 heavy (non-hydrogen) atoms. The van der Waals surface area contributed by atoms with Crippen LogP contribution in [0.1, 0.15) is 37.4 Å². The molecule has 0 spiro atoms. The Balaban J connectivity index is 1.59. The molecule has 0 saturated heterocycles. The van der Waals surface area contributed by atoms with Crippen LogP contribution in [0, 0.1) is 0 Å². The van der Waals surface area contributed by atoms with E-state index in [0.29, 0.717) is 18.7 Å². The summed E-state index contributed by atoms with van der Waals surface area (Å²) in [6.45, 7) is 0.636. The number of rotatable bonds is 6. The van der Waals surface area contributed by atoms with E-state index < -0.39 is 6.10 Å². The highest BCUT2D eigenvalue weighted by Crippen LogP contribution is 2.28. The van der Waals surface area contributed by atoms with Crippen molar-refractivity contribution >= 4 is 0 Å². The molecular weight excluding hydrogens is 214 g/mol. The van der Waals surface area contributed by atoms with Crippen LogP contribution in [0.3, 0.4) is 0 Å². The third-order valence-electron chi connectivity index (χ3n) is 3.25. The van der Waals surface area contributed by atoms with Crippen LogP contribution in [0.5, 0.6) is 5.75 Å². The molecule has 2 N–H and O–H groups in total. The Bertz CT molecular complexity index is 386. The van der Waals surface area contributed by atoms with Crippen molar-refractivity contribution in [3.63, 3.8) is 0 Å². The van der Waals surface area contributed by atoms with Crippen LogP contribution in [0.4, 0.5) is 0 Å². The van der Waals surface area contributed by atoms with Gasteiger partial charge in [-0.25, -0.2) is 0 Å². The Morgan fingerprint density at radius 2 is 2.12 bits per heavy atom. The minimum atomic E-state index is -0.432. The minimum Gasteiger partial charge on any atom is -0.490 e. The highest BCUT2D eigenvalue weighted by molar-refractivity contribution is 5.30. The average Bonchev–Trinajstić information content (AvgIpc) is 3.20. The van der Waals surface area contributed by atoms with Crippen LogP contribution in [0.15, 0.2) is 24.3 Å². The smallest absolute Gasteiger partial charge is 0.120 e. The second kappa shape index (κ2) is 4.67. The number of ether oxygens (including phenoxy) is 1. The van der Waals surface area contributed by atoms with Gasteiger partial charge in [0.25, 0.3) is 0 Å². The predicted octanol–water partition coefficient (Wildman–Crippen LogP) is 2.01. The predicted molar refractivity (Wildman–Crippen MR) is 66.1 cm³/mol. The van der Waals surface area contributed by atoms with E-state index in [1.807, 2.05) is 24.3 Å². The summed E-state index contributed by atoms with van der Waals surface area (Å²) >= 11 is 0. The summed E-state index contributed by atoms with van der Waals surface area (Å²) in [4.78, 5) is 0. The summed E-state index contributed by atoms with van der Waals surface area (Å²) in [6, 6.07) is 8.46. The molecule has 0 amide bonds. The molecule has 0 aromatic heterocycles. The summed E-state index contributed by atoms with van der Waals surface area (Å²) < 4.78 is 5.72. The number of hydrogen-bond acceptors (Lipinski definition) is 3. The van der Waals surface area contributed by atoms with E-state index >= 15 is 0 Å². The van der Waals surface area contributed by atoms with E-state index in [9.17, 15) is 5.11 Å². The third-order valence-corrected chi connectivity index (χ3v) is 3.25. The maximum absolute atomic E-state index is 10.1. The van der Waals surface area contributed by atoms with E-state index in [1.54, 1.807) is 0 Å². The van der Waals surface area contributed by atoms with Gasteiger partial charge in [-0.15, -0.1) is 0 Å². The summed E-state index contributed by atoms with van der Waals surface area (Å²) in [5.74, 6) is 0.885. The Morgan fingerprint density at radius 1 is 1.29 bits per heavy atom. The van der Waals surface area contributed by atoms with E-state index in [-0.39, 0.29) is 0 Å². The van der Waals surface area contributed by atoms with Crippen molar-refractivity contribution in [3.8, 4) is 5.75 Å². The monoisotopic (exact) mass is 233 g/mol. The average molecular weight is 233 g/mol. The quantitative estimate of drug-likeness (QED) is 0.789. The van der Waals surface area contributed by atoms with Crippen molar-refractivity contribution in [1.82, 2.24) is 5.32 Å². The molecule has 3 rings (SSSR count). The van der Waals surface area contributed by atoms with Gasteiger partial charge in [0, 0.05) is 12.6 Å². The molecule has 2 aliphatic rings. The van der Waals surface area contributed by atoms with Gasteiger partial charge >= 0.3 is 0 Å². The van der Waals surface area contributed by atoms with Gasteiger partial charge in [-0.2, -0.15) is 0 Å². The Labute approximate surface area is 102 Å². The lowest BCUT2D eigenvalue weighted by molar-refractivity contribution is 0.173. The van der Waals surface area contributed by atoms with Gasteiger partial charge in [-0.1, -0.05) is 12.1 Å². The lowest BCUT2D eigenvalue weighted by atomic mass is 10.1. The summed E-state index contributed by atoms with van der Waals surface area (Å²) in [5.41, 5.74) is 0.941. The Morgan fingerprint density at radius 3 is 2.82 bits per heavy atom. The van der Waals surface area contributed by atoms with Crippen LogP contribution >= 0.6 is 0 Å². The van der Waals surface area contributed by atoms with Gasteiger partial charge in [0.05, 0.1) is 12.2 Å². The van der Waals surface area contributed by atoms with Crippen LogP contribution in [0.2, 0.25) is 0 Å². The molecule has 3 nitrogen and oxygen atoms in total. The Kier molecular flexibility index (Phi) is 3.04. The zero-order chi connectivity index (χ0) is 11.7. The molecule has 92 valence electrons. The summed E-state index contributed by atoms with van der Waals surface area (Å²) in [5, 5.41) is 13.4. The molecule has 0 bridgehead atoms. The fraction of sp³-hybridized carbons (Fsp3) is 0.571. The van der Waals surface area contributed by atoms with Gasteiger partial charge in [-0.3, -0.25) is 0 Å². The molecule has 2 fully saturated rings. The van der Waals surface area contributed by atoms with E-state index in [2.05, 4.69) is 5.32 Å². The molecule has 0 heterocycles. The molecule has 2 saturated carbocycles. The number of hydrogen-bond donors (Lipinski definition) is 2. The van der Waals surface area contributed by atoms with Crippen molar-refractivity contribution in [2.24, 2.45) is 0 Å². The zero-order valence-electron chi connectivity index (χ0n) is 9.93. The first-order valence-corrected chi connectivity index (χ1v) is 6.49. The zero-order valence-corrected chi connectivity index (χ0v) is 9.93. The molecule has 1 unspecified atom stereocenters. The maximum Gasteiger partial charge on any atom is 0.120 e. The summed E-state index contributed by atoms with van der Waals surface area (Å²) in [7, 11) is 0. The standard InChI is InChI=1S/C14H19NO2/c16-14(9-15-11-4-5-11)10-2-1-3-13(8-10)17-12-6-7-12/h1-3,8,11-12,14-16H,4-7,9H2. The SMILES string of the molecule is OC(CNC1CC1)c1cccc(OC2CC2)c1. The fourth-order valence-electron chi connectivity index (χ4n) is 1.86. The highest BCUT2D eigenvalue weighted by atomic mass is 16.5. The van der Waals surface area contributed by atoms with Gasteiger partial charge in [0.1, 0.15) is 5.75 Å². The Hall–Kier alpha value is -1.06. The first kappa shape index (κ1) is 11.1. The van der Waals surface area contributed by atoms with Gasteiger partial charge < -0.3 is 15.2 Å². The largest absolute Gasteiger partial charge is 0.490 e. The van der Waals surface area contributed by atoms with Crippen LogP contribution in [-0.4, -0.2) is 23.8 Å². The molecule has 1 aromatic rings. The second-order valence-electron chi connectivity index (χ2n) is 5.09. The highest BCUT2D eigenvalue weighted by Gasteiger charge is 2.24. The molecule has 3 heteroatoms. The van der Waals surface area contributed by atoms with Crippen molar-refractivity contribution in [2.75, 3.05) is 6.54 Å². The van der Waals surface area contributed by atoms with E-state index in [1.165, 1.54) is 12.8 Å². The molecule has 0 radical (unpaired) electrons. The van der Waals surface area contributed by atoms with Crippen molar-refractivity contribution in [3.05, 3.63) is 29.8 Å². The maximum atomic E-state index is 10.1. The van der Waals surface area contributed by atoms with E-state index in [0.717, 1.165) is 24.2 Å². The van der Waals surface area contributed by atoms with Gasteiger partial charge in [-0.05, 0) is 43.4 Å². The van der Waals surface area contributed by atoms with Crippen LogP contribution in [-0.2, 0) is 0 Å². The molecule has 0 aliphatic heterocycles. The molecular formula is C14H19NO2. The van der Waals surface area contributed by atoms with Crippen LogP contribution < -0.4 is 10.1 Å². The van der Waals surface area contributed by atoms with Crippen molar-refractivity contribution < 1.29 is 9.84 Å². The van der Waals surface area contributed by atoms with Crippen molar-refractivity contribution in [2.45, 2.75) is 43.9 Å². The number of aliphatic hydroxyl groups is 1. The lowest BCUT2D eigenvalue weighted by Gasteiger charge is -2.13. The minimum absolute atomic E-state index is 0.409. The van der Waals surface area contributed by atoms with Gasteiger partial charge in [0.15, 0.2) is 0 Å². The molecule has 1 atom stereocenters. The lowest BCUT2D eigenvalue weighted by Crippen LogP contribution is -2.23. The third kappa shape index (κ3) is 3.20. The topological polar surface area (TPSA) is 41.5 Å². The number of aliphatic hydroxyl groups excluding tert-OH is 1. The first-order valence-electron chi connectivity index (χ1n) is 6.49. The molecule has 2 aliphatic carbocycles. The van der Waals surface area contributed by atoms with Gasteiger partial charge in [0.2, 0.25) is 0 Å². The second-order valence-corrected chi connectivity index (χ2v) is 5.09.